The average Bonchev–Trinajstić information content (AvgIpc) is 3.35. The van der Waals surface area contributed by atoms with E-state index in [1.165, 1.54) is 9.96 Å². The zero-order chi connectivity index (χ0) is 24.4. The quantitative estimate of drug-likeness (QED) is 0.514. The van der Waals surface area contributed by atoms with Crippen molar-refractivity contribution < 1.29 is 19.2 Å². The SMILES string of the molecule is O=C(CN1OC2C(=O)N(Cc3ccccc3)C(=O)C2C1c1ccc(Cl)cc1)NCc1ccccc1. The molecule has 0 aromatic heterocycles. The molecule has 3 unspecified atom stereocenters. The van der Waals surface area contributed by atoms with E-state index in [-0.39, 0.29) is 24.9 Å². The second kappa shape index (κ2) is 10.00. The molecule has 8 heteroatoms. The largest absolute Gasteiger partial charge is 0.351 e. The smallest absolute Gasteiger partial charge is 0.261 e. The molecule has 2 aliphatic heterocycles. The van der Waals surface area contributed by atoms with E-state index in [4.69, 9.17) is 16.4 Å². The first-order valence-corrected chi connectivity index (χ1v) is 11.8. The molecule has 2 aliphatic rings. The third-order valence-electron chi connectivity index (χ3n) is 6.31. The maximum absolute atomic E-state index is 13.5. The van der Waals surface area contributed by atoms with E-state index < -0.39 is 24.0 Å². The summed E-state index contributed by atoms with van der Waals surface area (Å²) in [5.41, 5.74) is 2.58. The molecule has 3 amide bonds. The van der Waals surface area contributed by atoms with Gasteiger partial charge in [-0.05, 0) is 28.8 Å². The number of hydrogen-bond acceptors (Lipinski definition) is 5. The lowest BCUT2D eigenvalue weighted by Gasteiger charge is -2.27. The van der Waals surface area contributed by atoms with Crippen LogP contribution in [0.4, 0.5) is 0 Å². The minimum atomic E-state index is -0.978. The summed E-state index contributed by atoms with van der Waals surface area (Å²) in [6, 6.07) is 25.4. The third-order valence-corrected chi connectivity index (χ3v) is 6.57. The van der Waals surface area contributed by atoms with Crippen LogP contribution in [0.25, 0.3) is 0 Å². The van der Waals surface area contributed by atoms with Crippen molar-refractivity contribution in [3.8, 4) is 0 Å². The third kappa shape index (κ3) is 4.84. The number of nitrogens with zero attached hydrogens (tertiary/aromatic N) is 2. The molecule has 0 aliphatic carbocycles. The van der Waals surface area contributed by atoms with Crippen molar-refractivity contribution >= 4 is 29.3 Å². The molecule has 2 saturated heterocycles. The summed E-state index contributed by atoms with van der Waals surface area (Å²) >= 11 is 6.08. The summed E-state index contributed by atoms with van der Waals surface area (Å²) in [5, 5.41) is 4.88. The highest BCUT2D eigenvalue weighted by Crippen LogP contribution is 2.44. The number of nitrogens with one attached hydrogen (secondary N) is 1. The van der Waals surface area contributed by atoms with E-state index in [1.807, 2.05) is 60.7 Å². The normalized spacial score (nSPS) is 21.9. The van der Waals surface area contributed by atoms with E-state index in [0.29, 0.717) is 11.6 Å². The molecule has 2 heterocycles. The highest BCUT2D eigenvalue weighted by Gasteiger charge is 2.59. The van der Waals surface area contributed by atoms with E-state index >= 15 is 0 Å². The van der Waals surface area contributed by atoms with Gasteiger partial charge in [0, 0.05) is 11.6 Å². The Morgan fingerprint density at radius 1 is 0.857 bits per heavy atom. The summed E-state index contributed by atoms with van der Waals surface area (Å²) in [6.45, 7) is 0.431. The molecule has 0 spiro atoms. The van der Waals surface area contributed by atoms with Crippen molar-refractivity contribution in [2.75, 3.05) is 6.54 Å². The van der Waals surface area contributed by atoms with Crippen LogP contribution < -0.4 is 5.32 Å². The molecule has 7 nitrogen and oxygen atoms in total. The number of likely N-dealkylation sites (tertiary alicyclic amines) is 1. The minimum absolute atomic E-state index is 0.119. The second-order valence-electron chi connectivity index (χ2n) is 8.63. The number of rotatable bonds is 7. The zero-order valence-electron chi connectivity index (χ0n) is 18.8. The molecule has 5 rings (SSSR count). The maximum Gasteiger partial charge on any atom is 0.261 e. The Morgan fingerprint density at radius 3 is 2.14 bits per heavy atom. The molecule has 35 heavy (non-hydrogen) atoms. The fourth-order valence-electron chi connectivity index (χ4n) is 4.61. The number of benzene rings is 3. The number of halogens is 1. The van der Waals surface area contributed by atoms with E-state index in [2.05, 4.69) is 5.32 Å². The minimum Gasteiger partial charge on any atom is -0.351 e. The van der Waals surface area contributed by atoms with Crippen LogP contribution in [-0.4, -0.2) is 40.3 Å². The first kappa shape index (κ1) is 23.2. The van der Waals surface area contributed by atoms with Gasteiger partial charge < -0.3 is 5.32 Å². The van der Waals surface area contributed by atoms with Crippen LogP contribution in [0.5, 0.6) is 0 Å². The van der Waals surface area contributed by atoms with Crippen molar-refractivity contribution in [3.63, 3.8) is 0 Å². The van der Waals surface area contributed by atoms with Crippen LogP contribution >= 0.6 is 11.6 Å². The van der Waals surface area contributed by atoms with Gasteiger partial charge in [-0.15, -0.1) is 0 Å². The standard InChI is InChI=1S/C27H24ClN3O4/c28-21-13-11-20(12-14-21)24-23-25(27(34)30(26(23)33)16-19-9-5-2-6-10-19)35-31(24)17-22(32)29-15-18-7-3-1-4-8-18/h1-14,23-25H,15-17H2,(H,29,32). The summed E-state index contributed by atoms with van der Waals surface area (Å²) in [6.07, 6.45) is -0.978. The van der Waals surface area contributed by atoms with Gasteiger partial charge in [0.25, 0.3) is 5.91 Å². The lowest BCUT2D eigenvalue weighted by Crippen LogP contribution is -2.40. The van der Waals surface area contributed by atoms with Gasteiger partial charge in [0.05, 0.1) is 18.5 Å². The summed E-state index contributed by atoms with van der Waals surface area (Å²) in [7, 11) is 0. The van der Waals surface area contributed by atoms with Crippen molar-refractivity contribution in [1.82, 2.24) is 15.3 Å². The van der Waals surface area contributed by atoms with Gasteiger partial charge >= 0.3 is 0 Å². The number of hydroxylamine groups is 2. The van der Waals surface area contributed by atoms with E-state index in [0.717, 1.165) is 16.7 Å². The van der Waals surface area contributed by atoms with Gasteiger partial charge in [0.2, 0.25) is 11.8 Å². The Balaban J connectivity index is 1.36. The number of fused-ring (bicyclic) bond motifs is 1. The predicted octanol–water partition coefficient (Wildman–Crippen LogP) is 3.50. The maximum atomic E-state index is 13.5. The predicted molar refractivity (Wildman–Crippen MR) is 130 cm³/mol. The fourth-order valence-corrected chi connectivity index (χ4v) is 4.74. The van der Waals surface area contributed by atoms with Crippen LogP contribution in [0, 0.1) is 5.92 Å². The van der Waals surface area contributed by atoms with Crippen LogP contribution in [0.3, 0.4) is 0 Å². The van der Waals surface area contributed by atoms with Crippen LogP contribution in [0.2, 0.25) is 5.02 Å². The zero-order valence-corrected chi connectivity index (χ0v) is 19.6. The van der Waals surface area contributed by atoms with Gasteiger partial charge in [0.1, 0.15) is 6.54 Å². The number of amides is 3. The Kier molecular flexibility index (Phi) is 6.63. The Labute approximate surface area is 208 Å². The molecular weight excluding hydrogens is 466 g/mol. The van der Waals surface area contributed by atoms with Crippen molar-refractivity contribution in [1.29, 1.82) is 0 Å². The summed E-state index contributed by atoms with van der Waals surface area (Å²) < 4.78 is 0. The van der Waals surface area contributed by atoms with Gasteiger partial charge in [-0.25, -0.2) is 0 Å². The lowest BCUT2D eigenvalue weighted by atomic mass is 9.91. The van der Waals surface area contributed by atoms with Gasteiger partial charge in [-0.1, -0.05) is 84.4 Å². The fraction of sp³-hybridized carbons (Fsp3) is 0.222. The lowest BCUT2D eigenvalue weighted by molar-refractivity contribution is -0.182. The van der Waals surface area contributed by atoms with Crippen molar-refractivity contribution in [2.24, 2.45) is 5.92 Å². The summed E-state index contributed by atoms with van der Waals surface area (Å²) in [5.74, 6) is -1.73. The Morgan fingerprint density at radius 2 is 1.49 bits per heavy atom. The van der Waals surface area contributed by atoms with E-state index in [1.54, 1.807) is 24.3 Å². The monoisotopic (exact) mass is 489 g/mol. The summed E-state index contributed by atoms with van der Waals surface area (Å²) in [4.78, 5) is 46.7. The van der Waals surface area contributed by atoms with Gasteiger partial charge in [-0.3, -0.25) is 24.1 Å². The van der Waals surface area contributed by atoms with Gasteiger partial charge in [0.15, 0.2) is 6.10 Å². The Hall–Kier alpha value is -3.52. The molecule has 3 aromatic carbocycles. The molecule has 3 atom stereocenters. The number of carbonyl (C=O) groups excluding carboxylic acids is 3. The van der Waals surface area contributed by atoms with Crippen molar-refractivity contribution in [3.05, 3.63) is 107 Å². The highest BCUT2D eigenvalue weighted by molar-refractivity contribution is 6.30. The number of hydrogen-bond donors (Lipinski definition) is 1. The molecular formula is C27H24ClN3O4. The molecule has 0 bridgehead atoms. The topological polar surface area (TPSA) is 79.0 Å². The first-order valence-electron chi connectivity index (χ1n) is 11.4. The number of imide groups is 1. The average molecular weight is 490 g/mol. The highest BCUT2D eigenvalue weighted by atomic mass is 35.5. The number of carbonyl (C=O) groups is 3. The van der Waals surface area contributed by atoms with Gasteiger partial charge in [-0.2, -0.15) is 5.06 Å². The molecule has 3 aromatic rings. The molecule has 0 saturated carbocycles. The Bertz CT molecular complexity index is 1220. The van der Waals surface area contributed by atoms with E-state index in [9.17, 15) is 14.4 Å². The molecule has 1 N–H and O–H groups in total. The van der Waals surface area contributed by atoms with Crippen LogP contribution in [0.1, 0.15) is 22.7 Å². The molecule has 0 radical (unpaired) electrons. The molecule has 178 valence electrons. The van der Waals surface area contributed by atoms with Crippen LogP contribution in [0.15, 0.2) is 84.9 Å². The van der Waals surface area contributed by atoms with Crippen LogP contribution in [-0.2, 0) is 32.3 Å². The molecule has 2 fully saturated rings. The van der Waals surface area contributed by atoms with Crippen molar-refractivity contribution in [2.45, 2.75) is 25.2 Å². The second-order valence-corrected chi connectivity index (χ2v) is 9.07. The first-order chi connectivity index (χ1) is 17.0.